The van der Waals surface area contributed by atoms with Crippen molar-refractivity contribution in [2.75, 3.05) is 0 Å². The Morgan fingerprint density at radius 3 is 2.20 bits per heavy atom. The maximum absolute atomic E-state index is 3.62. The molecule has 0 aromatic heterocycles. The molecule has 0 fully saturated rings. The lowest BCUT2D eigenvalue weighted by atomic mass is 10.4. The summed E-state index contributed by atoms with van der Waals surface area (Å²) in [6.45, 7) is 5.60. The molecule has 0 aliphatic rings. The monoisotopic (exact) mass is 83.0 g/mol. The smallest absolute Gasteiger partial charge is 0.0278 e. The highest BCUT2D eigenvalue weighted by molar-refractivity contribution is 6.10. The van der Waals surface area contributed by atoms with Crippen LogP contribution in [-0.2, 0) is 0 Å². The Balaban J connectivity index is 2.85. The minimum atomic E-state index is 0.917. The number of rotatable bonds is 1. The lowest BCUT2D eigenvalue weighted by Crippen LogP contribution is -1.63. The van der Waals surface area contributed by atoms with Gasteiger partial charge in [-0.15, -0.1) is 6.58 Å². The summed E-state index contributed by atoms with van der Waals surface area (Å²) in [7, 11) is 3.26. The second kappa shape index (κ2) is 2.21. The SMILES string of the molecule is C=C(C)C[Si]. The van der Waals surface area contributed by atoms with Gasteiger partial charge in [0.1, 0.15) is 0 Å². The highest BCUT2D eigenvalue weighted by Gasteiger charge is 1.68. The van der Waals surface area contributed by atoms with Crippen LogP contribution in [0.25, 0.3) is 0 Å². The fourth-order valence-corrected chi connectivity index (χ4v) is 0. The standard InChI is InChI=1S/C4H7Si/c1-4(2)3-5/h1,3H2,2H3. The zero-order chi connectivity index (χ0) is 4.28. The van der Waals surface area contributed by atoms with Crippen LogP contribution in [0.1, 0.15) is 6.92 Å². The normalized spacial score (nSPS) is 7.60. The Kier molecular flexibility index (Phi) is 2.19. The molecule has 0 N–H and O–H groups in total. The van der Waals surface area contributed by atoms with Gasteiger partial charge in [-0.25, -0.2) is 0 Å². The third-order valence-corrected chi connectivity index (χ3v) is 0.905. The molecule has 0 aliphatic heterocycles. The van der Waals surface area contributed by atoms with Gasteiger partial charge in [-0.2, -0.15) is 0 Å². The highest BCUT2D eigenvalue weighted by atomic mass is 28.1. The summed E-state index contributed by atoms with van der Waals surface area (Å²) >= 11 is 0. The van der Waals surface area contributed by atoms with Crippen molar-refractivity contribution < 1.29 is 0 Å². The van der Waals surface area contributed by atoms with E-state index in [0.29, 0.717) is 0 Å². The molecule has 0 saturated carbocycles. The highest BCUT2D eigenvalue weighted by Crippen LogP contribution is 1.86. The van der Waals surface area contributed by atoms with Gasteiger partial charge in [-0.3, -0.25) is 0 Å². The molecule has 0 aliphatic carbocycles. The lowest BCUT2D eigenvalue weighted by Gasteiger charge is -1.79. The maximum Gasteiger partial charge on any atom is 0.0278 e. The van der Waals surface area contributed by atoms with Crippen LogP contribution in [0.4, 0.5) is 0 Å². The molecule has 0 rings (SSSR count). The molecule has 0 heterocycles. The largest absolute Gasteiger partial charge is 0.100 e. The van der Waals surface area contributed by atoms with E-state index in [1.54, 1.807) is 0 Å². The van der Waals surface area contributed by atoms with Crippen molar-refractivity contribution in [3.63, 3.8) is 0 Å². The fraction of sp³-hybridized carbons (Fsp3) is 0.500. The summed E-state index contributed by atoms with van der Waals surface area (Å²) in [5.41, 5.74) is 1.17. The van der Waals surface area contributed by atoms with Crippen LogP contribution in [0.2, 0.25) is 6.04 Å². The van der Waals surface area contributed by atoms with E-state index in [-0.39, 0.29) is 0 Å². The first-order valence-electron chi connectivity index (χ1n) is 1.56. The number of hydrogen-bond donors (Lipinski definition) is 0. The van der Waals surface area contributed by atoms with Crippen molar-refractivity contribution in [1.29, 1.82) is 0 Å². The molecule has 0 spiro atoms. The Morgan fingerprint density at radius 1 is 2.00 bits per heavy atom. The summed E-state index contributed by atoms with van der Waals surface area (Å²) in [4.78, 5) is 0. The number of hydrogen-bond acceptors (Lipinski definition) is 0. The van der Waals surface area contributed by atoms with Crippen molar-refractivity contribution in [2.45, 2.75) is 13.0 Å². The van der Waals surface area contributed by atoms with E-state index >= 15 is 0 Å². The third-order valence-electron chi connectivity index (χ3n) is 0.302. The molecule has 0 aromatic rings. The Labute approximate surface area is 36.3 Å². The quantitative estimate of drug-likeness (QED) is 0.329. The predicted molar refractivity (Wildman–Crippen MR) is 25.4 cm³/mol. The van der Waals surface area contributed by atoms with Crippen LogP contribution in [-0.4, -0.2) is 10.2 Å². The molecule has 0 saturated heterocycles. The van der Waals surface area contributed by atoms with Crippen LogP contribution in [0.15, 0.2) is 12.2 Å². The zero-order valence-electron chi connectivity index (χ0n) is 3.41. The van der Waals surface area contributed by atoms with Gasteiger partial charge in [-0.05, 0) is 13.0 Å². The van der Waals surface area contributed by atoms with E-state index in [2.05, 4.69) is 16.8 Å². The Hall–Kier alpha value is -0.0431. The first-order valence-corrected chi connectivity index (χ1v) is 2.27. The van der Waals surface area contributed by atoms with Crippen molar-refractivity contribution in [3.8, 4) is 0 Å². The van der Waals surface area contributed by atoms with Crippen LogP contribution in [0.3, 0.4) is 0 Å². The van der Waals surface area contributed by atoms with Crippen LogP contribution in [0, 0.1) is 0 Å². The summed E-state index contributed by atoms with van der Waals surface area (Å²) in [5.74, 6) is 0. The van der Waals surface area contributed by atoms with Crippen molar-refractivity contribution >= 4 is 10.2 Å². The van der Waals surface area contributed by atoms with E-state index < -0.39 is 0 Å². The van der Waals surface area contributed by atoms with Crippen molar-refractivity contribution in [3.05, 3.63) is 12.2 Å². The summed E-state index contributed by atoms with van der Waals surface area (Å²) in [6.07, 6.45) is 0. The van der Waals surface area contributed by atoms with E-state index in [4.69, 9.17) is 0 Å². The maximum atomic E-state index is 3.62. The van der Waals surface area contributed by atoms with Crippen molar-refractivity contribution in [1.82, 2.24) is 0 Å². The molecule has 0 aromatic carbocycles. The van der Waals surface area contributed by atoms with Crippen LogP contribution in [0.5, 0.6) is 0 Å². The second-order valence-electron chi connectivity index (χ2n) is 1.13. The third kappa shape index (κ3) is 3.96. The molecular formula is C4H7Si. The molecule has 0 bridgehead atoms. The van der Waals surface area contributed by atoms with Gasteiger partial charge in [0.2, 0.25) is 0 Å². The minimum Gasteiger partial charge on any atom is -0.100 e. The van der Waals surface area contributed by atoms with Gasteiger partial charge < -0.3 is 0 Å². The average molecular weight is 83.2 g/mol. The zero-order valence-corrected chi connectivity index (χ0v) is 4.41. The van der Waals surface area contributed by atoms with Gasteiger partial charge in [0.15, 0.2) is 0 Å². The first kappa shape index (κ1) is 4.96. The predicted octanol–water partition coefficient (Wildman–Crippen LogP) is 1.15. The van der Waals surface area contributed by atoms with Crippen LogP contribution < -0.4 is 0 Å². The topological polar surface area (TPSA) is 0 Å². The molecule has 0 atom stereocenters. The first-order chi connectivity index (χ1) is 2.27. The van der Waals surface area contributed by atoms with E-state index in [9.17, 15) is 0 Å². The Bertz CT molecular complexity index is 38.9. The molecule has 1 heteroatoms. The molecule has 0 unspecified atom stereocenters. The molecule has 0 nitrogen and oxygen atoms in total. The van der Waals surface area contributed by atoms with E-state index in [1.165, 1.54) is 5.57 Å². The molecule has 5 heavy (non-hydrogen) atoms. The molecule has 0 amide bonds. The van der Waals surface area contributed by atoms with Gasteiger partial charge in [0.25, 0.3) is 0 Å². The molecule has 27 valence electrons. The van der Waals surface area contributed by atoms with E-state index in [0.717, 1.165) is 6.04 Å². The summed E-state index contributed by atoms with van der Waals surface area (Å²) in [6, 6.07) is 0.917. The van der Waals surface area contributed by atoms with E-state index in [1.807, 2.05) is 6.92 Å². The lowest BCUT2D eigenvalue weighted by molar-refractivity contribution is 1.41. The molecule has 3 radical (unpaired) electrons. The summed E-state index contributed by atoms with van der Waals surface area (Å²) in [5, 5.41) is 0. The minimum absolute atomic E-state index is 0.917. The molecular weight excluding hydrogens is 76.1 g/mol. The van der Waals surface area contributed by atoms with Gasteiger partial charge in [0, 0.05) is 10.2 Å². The Morgan fingerprint density at radius 2 is 2.20 bits per heavy atom. The summed E-state index contributed by atoms with van der Waals surface area (Å²) < 4.78 is 0. The van der Waals surface area contributed by atoms with Gasteiger partial charge in [-0.1, -0.05) is 5.57 Å². The number of allylic oxidation sites excluding steroid dienone is 1. The second-order valence-corrected chi connectivity index (χ2v) is 1.49. The average Bonchev–Trinajstić information content (AvgIpc) is 1.38. The fourth-order valence-electron chi connectivity index (χ4n) is 0. The van der Waals surface area contributed by atoms with Crippen LogP contribution >= 0.6 is 0 Å². The van der Waals surface area contributed by atoms with Gasteiger partial charge >= 0.3 is 0 Å². The van der Waals surface area contributed by atoms with Crippen molar-refractivity contribution in [2.24, 2.45) is 0 Å². The van der Waals surface area contributed by atoms with Gasteiger partial charge in [0.05, 0.1) is 0 Å².